The number of hydrogen-bond acceptors (Lipinski definition) is 0. The van der Waals surface area contributed by atoms with Gasteiger partial charge in [-0.1, -0.05) is 257 Å². The van der Waals surface area contributed by atoms with E-state index in [2.05, 4.69) is 180 Å². The molecule has 24 rings (SSSR count). The summed E-state index contributed by atoms with van der Waals surface area (Å²) in [6, 6.07) is 0. The van der Waals surface area contributed by atoms with E-state index in [0.29, 0.717) is 48.7 Å². The zero-order valence-electron chi connectivity index (χ0n) is 82.6. The first-order valence-electron chi connectivity index (χ1n) is 53.9. The van der Waals surface area contributed by atoms with E-state index in [1.54, 1.807) is 173 Å². The molecule has 0 aromatic carbocycles. The predicted molar refractivity (Wildman–Crippen MR) is 498 cm³/mol. The fourth-order valence-electron chi connectivity index (χ4n) is 39.9. The second-order valence-electron chi connectivity index (χ2n) is 56.2. The number of rotatable bonds is 8. The van der Waals surface area contributed by atoms with E-state index in [9.17, 15) is 0 Å². The van der Waals surface area contributed by atoms with Gasteiger partial charge >= 0.3 is 0 Å². The summed E-state index contributed by atoms with van der Waals surface area (Å²) in [6.45, 7) is 64.1. The van der Waals surface area contributed by atoms with E-state index in [1.807, 2.05) is 0 Å². The number of unbranched alkanes of at least 4 members (excludes halogenated alkanes) is 1. The predicted octanol–water partition coefficient (Wildman–Crippen LogP) is 35.5. The van der Waals surface area contributed by atoms with Gasteiger partial charge in [-0.15, -0.1) is 0 Å². The lowest BCUT2D eigenvalue weighted by molar-refractivity contribution is 0.0392. The molecule has 0 amide bonds. The van der Waals surface area contributed by atoms with Crippen molar-refractivity contribution in [2.75, 3.05) is 0 Å². The summed E-state index contributed by atoms with van der Waals surface area (Å²) in [5.74, 6) is 31.2. The van der Waals surface area contributed by atoms with Crippen LogP contribution in [0.4, 0.5) is 0 Å². The van der Waals surface area contributed by atoms with E-state index in [4.69, 9.17) is 0 Å². The molecule has 24 fully saturated rings. The van der Waals surface area contributed by atoms with E-state index in [0.717, 1.165) is 152 Å². The van der Waals surface area contributed by atoms with Crippen LogP contribution in [0.15, 0.2) is 0 Å². The standard InChI is InChI=1S/C14H22.C13H22.C12H20.2C12H22.3C11H20.C10H18.C9H16/c1-14(2)7-10-6-11(14)13-9-4-3-8(5-9)12(10)13;1-3-13(2)8-9-7-12(13)11-6-4-5-10(9)11;1-12(2)7-8-6-11(12)10-5-3-4-9(8)10;1-10(2)8-9-6-7-12(10,5)11(9,3)4;1-3-4-7-12(2)9-10-5-6-11(12)8-10;1-10(2)8-5-6-9(7-8)11(10,3)4;1-8(2)11(3)7-9-4-5-10(11)6-9;1-3-6-11(2)8-9-4-5-10(11)7-9;1-3-10(2)7-8-4-5-9(10)6-8;1-9(2)6-7-3-4-8(9)5-7/h8-13H,3-7H2,1-2H3;9-12H,3-8H2,1-2H3;8-11H,3-7H2,1-2H3;9H,6-8H2,1-5H3;10-11H,3-9H2,1-2H3;8-9H,5-7H2,1-4H3;8-10H,4-7H2,1-3H3;9-10H,3-8H2,1-2H3;8-9H,3-7H2,1-2H3;7-8H,3-6H2,1-2H3. The van der Waals surface area contributed by atoms with E-state index in [1.165, 1.54) is 170 Å². The van der Waals surface area contributed by atoms with Gasteiger partial charge in [0.2, 0.25) is 0 Å². The molecule has 0 nitrogen and oxygen atoms in total. The summed E-state index contributed by atoms with van der Waals surface area (Å²) in [5.41, 5.74) is 8.85. The van der Waals surface area contributed by atoms with Gasteiger partial charge in [-0.05, 0) is 467 Å². The maximum atomic E-state index is 2.56. The molecule has 0 aromatic heterocycles. The van der Waals surface area contributed by atoms with Crippen molar-refractivity contribution in [1.29, 1.82) is 0 Å². The molecule has 0 spiro atoms. The number of fused-ring (bicyclic) bond motifs is 33. The monoisotopic (exact) mass is 1580 g/mol. The molecule has 33 unspecified atom stereocenters. The normalized spacial score (nSPS) is 51.4. The SMILES string of the molecule is CC(C)C1(C)CC2CCC1C2.CC1(C)C2CCC(C2)C1(C)C.CC1(C)CC2CC1C1C3CCC(C3)C21.CC1(C)CC2CC1C1CCCC21.CC1(C)CC2CCC1(C)C2(C)C.CC1(C)CC2CCC1C2.CCC1(C)CC2CC1C1CCCC21.CCC1(C)CC2CCC1C2.CCCC1(C)CC2CCC1C2.CCCCC1(C)CC2CCC1C2. The highest BCUT2D eigenvalue weighted by molar-refractivity contribution is 5.16. The molecule has 24 aliphatic rings. The van der Waals surface area contributed by atoms with Crippen molar-refractivity contribution in [3.8, 4) is 0 Å². The van der Waals surface area contributed by atoms with Crippen LogP contribution < -0.4 is 0 Å². The fraction of sp³-hybridized carbons (Fsp3) is 1.00. The molecule has 33 atom stereocenters. The molecule has 22 bridgehead atoms. The van der Waals surface area contributed by atoms with Crippen molar-refractivity contribution in [1.82, 2.24) is 0 Å². The fourth-order valence-corrected chi connectivity index (χ4v) is 39.9. The largest absolute Gasteiger partial charge is 0.0654 e. The molecule has 24 saturated carbocycles. The maximum absolute atomic E-state index is 2.56. The Morgan fingerprint density at radius 2 is 0.704 bits per heavy atom. The minimum absolute atomic E-state index is 0.583. The van der Waals surface area contributed by atoms with Gasteiger partial charge in [-0.2, -0.15) is 0 Å². The first kappa shape index (κ1) is 89.8. The Morgan fingerprint density at radius 1 is 0.270 bits per heavy atom. The molecule has 115 heavy (non-hydrogen) atoms. The minimum Gasteiger partial charge on any atom is -0.0654 e. The Kier molecular flexibility index (Phi) is 25.8. The molecule has 24 aliphatic carbocycles. The smallest absolute Gasteiger partial charge is 0.0220 e. The van der Waals surface area contributed by atoms with E-state index < -0.39 is 0 Å². The summed E-state index contributed by atoms with van der Waals surface area (Å²) >= 11 is 0. The van der Waals surface area contributed by atoms with Gasteiger partial charge in [-0.25, -0.2) is 0 Å². The van der Waals surface area contributed by atoms with Crippen LogP contribution in [0.25, 0.3) is 0 Å². The third kappa shape index (κ3) is 16.3. The molecule has 0 aliphatic heterocycles. The topological polar surface area (TPSA) is 0 Å². The highest BCUT2D eigenvalue weighted by atomic mass is 14.7. The summed E-state index contributed by atoms with van der Waals surface area (Å²) in [5, 5.41) is 0. The molecule has 0 N–H and O–H groups in total. The zero-order chi connectivity index (χ0) is 82.6. The third-order valence-corrected chi connectivity index (χ3v) is 48.6. The van der Waals surface area contributed by atoms with Gasteiger partial charge < -0.3 is 0 Å². The molecular weight excluding hydrogens is 1380 g/mol. The van der Waals surface area contributed by atoms with Crippen LogP contribution in [0.3, 0.4) is 0 Å². The van der Waals surface area contributed by atoms with Crippen LogP contribution in [0.1, 0.15) is 488 Å². The van der Waals surface area contributed by atoms with Gasteiger partial charge in [0.15, 0.2) is 0 Å². The highest BCUT2D eigenvalue weighted by Gasteiger charge is 2.67. The molecule has 0 radical (unpaired) electrons. The Bertz CT molecular complexity index is 3180. The van der Waals surface area contributed by atoms with Crippen molar-refractivity contribution < 1.29 is 0 Å². The molecule has 0 heterocycles. The van der Waals surface area contributed by atoms with Gasteiger partial charge in [0.25, 0.3) is 0 Å². The van der Waals surface area contributed by atoms with Crippen molar-refractivity contribution in [3.63, 3.8) is 0 Å². The average Bonchev–Trinajstić information content (AvgIpc) is 1.53. The summed E-state index contributed by atoms with van der Waals surface area (Å²) in [6.07, 6.45) is 73.4. The second kappa shape index (κ2) is 33.0. The number of hydrogen-bond donors (Lipinski definition) is 0. The van der Waals surface area contributed by atoms with Gasteiger partial charge in [0.1, 0.15) is 0 Å². The lowest BCUT2D eigenvalue weighted by Gasteiger charge is -2.45. The van der Waals surface area contributed by atoms with Crippen molar-refractivity contribution in [2.24, 2.45) is 236 Å². The van der Waals surface area contributed by atoms with Gasteiger partial charge in [0.05, 0.1) is 0 Å². The summed E-state index contributed by atoms with van der Waals surface area (Å²) in [4.78, 5) is 0. The van der Waals surface area contributed by atoms with E-state index >= 15 is 0 Å². The maximum Gasteiger partial charge on any atom is -0.0220 e. The first-order chi connectivity index (χ1) is 53.9. The van der Waals surface area contributed by atoms with Crippen LogP contribution >= 0.6 is 0 Å². The third-order valence-electron chi connectivity index (χ3n) is 48.6. The lowest BCUT2D eigenvalue weighted by Crippen LogP contribution is -2.37. The minimum atomic E-state index is 0.583. The summed E-state index contributed by atoms with van der Waals surface area (Å²) < 4.78 is 0. The van der Waals surface area contributed by atoms with Crippen LogP contribution in [-0.2, 0) is 0 Å². The zero-order valence-corrected chi connectivity index (χ0v) is 82.6. The van der Waals surface area contributed by atoms with Gasteiger partial charge in [-0.3, -0.25) is 0 Å². The Balaban J connectivity index is 0.000000101. The lowest BCUT2D eigenvalue weighted by atomic mass is 9.60. The Morgan fingerprint density at radius 3 is 1.08 bits per heavy atom. The molecular formula is C115H202. The highest BCUT2D eigenvalue weighted by Crippen LogP contribution is 2.75. The Labute approximate surface area is 719 Å². The van der Waals surface area contributed by atoms with Crippen molar-refractivity contribution in [2.45, 2.75) is 488 Å². The molecule has 662 valence electrons. The van der Waals surface area contributed by atoms with Crippen LogP contribution in [0.5, 0.6) is 0 Å². The molecule has 0 saturated heterocycles. The quantitative estimate of drug-likeness (QED) is 0.213. The van der Waals surface area contributed by atoms with Crippen molar-refractivity contribution >= 4 is 0 Å². The van der Waals surface area contributed by atoms with Crippen LogP contribution in [0.2, 0.25) is 0 Å². The molecule has 0 heteroatoms. The molecule has 0 aromatic rings. The van der Waals surface area contributed by atoms with E-state index in [-0.39, 0.29) is 0 Å². The second-order valence-corrected chi connectivity index (χ2v) is 56.2. The average molecular weight is 1580 g/mol. The van der Waals surface area contributed by atoms with Crippen LogP contribution in [-0.4, -0.2) is 0 Å². The first-order valence-corrected chi connectivity index (χ1v) is 53.9. The Hall–Kier alpha value is 0. The van der Waals surface area contributed by atoms with Crippen LogP contribution in [0, 0.1) is 236 Å². The van der Waals surface area contributed by atoms with Gasteiger partial charge in [0, 0.05) is 0 Å². The summed E-state index contributed by atoms with van der Waals surface area (Å²) in [7, 11) is 0. The van der Waals surface area contributed by atoms with Crippen molar-refractivity contribution in [3.05, 3.63) is 0 Å².